The maximum atomic E-state index is 13.8. The number of benzene rings is 1. The Kier molecular flexibility index (Phi) is 8.93. The Morgan fingerprint density at radius 3 is 2.54 bits per heavy atom. The van der Waals surface area contributed by atoms with Crippen LogP contribution in [-0.2, 0) is 16.1 Å². The second-order valence-electron chi connectivity index (χ2n) is 8.67. The highest BCUT2D eigenvalue weighted by molar-refractivity contribution is 6.41. The van der Waals surface area contributed by atoms with Gasteiger partial charge in [-0.2, -0.15) is 4.98 Å². The van der Waals surface area contributed by atoms with E-state index in [9.17, 15) is 19.8 Å². The number of amides is 1. The van der Waals surface area contributed by atoms with E-state index in [1.54, 1.807) is 0 Å². The third-order valence-corrected chi connectivity index (χ3v) is 6.93. The Morgan fingerprint density at radius 1 is 1.26 bits per heavy atom. The normalized spacial score (nSPS) is 17.6. The van der Waals surface area contributed by atoms with Crippen LogP contribution in [0.1, 0.15) is 0 Å². The van der Waals surface area contributed by atoms with E-state index in [4.69, 9.17) is 37.4 Å². The fourth-order valence-corrected chi connectivity index (χ4v) is 4.92. The number of aliphatic hydroxyl groups is 2. The van der Waals surface area contributed by atoms with Crippen molar-refractivity contribution in [2.75, 3.05) is 39.4 Å². The van der Waals surface area contributed by atoms with Gasteiger partial charge in [0.2, 0.25) is 11.9 Å². The summed E-state index contributed by atoms with van der Waals surface area (Å²) in [5.41, 5.74) is -0.152. The first-order valence-corrected chi connectivity index (χ1v) is 12.5. The molecular weight excluding hydrogens is 553 g/mol. The van der Waals surface area contributed by atoms with Gasteiger partial charge in [-0.3, -0.25) is 14.2 Å². The lowest BCUT2D eigenvalue weighted by atomic mass is 10.0. The van der Waals surface area contributed by atoms with Crippen molar-refractivity contribution < 1.29 is 29.2 Å². The van der Waals surface area contributed by atoms with Crippen molar-refractivity contribution in [3.05, 3.63) is 51.4 Å². The monoisotopic (exact) mass is 579 g/mol. The Balaban J connectivity index is 1.85. The number of halogens is 2. The standard InChI is InChI=1S/C25H27Cl2N5O7/c1-4-19(35)29-15-10-39-11-16(15)30-25-28-7-12-5-14(24(36)32(23(12)31-25)8-13(34)9-33)20-21(26)17(37-2)6-18(38-3)22(20)27/h4-7,13,15-16,33-34H,1,8-11H2,2-3H3,(H,29,35)(H,28,30,31)/t13?,15-,16+/m0/s1. The number of hydrogen-bond donors (Lipinski definition) is 4. The fraction of sp³-hybridized carbons (Fsp3) is 0.360. The number of methoxy groups -OCH3 is 2. The van der Waals surface area contributed by atoms with E-state index in [1.807, 2.05) is 0 Å². The molecule has 3 atom stereocenters. The van der Waals surface area contributed by atoms with Gasteiger partial charge in [0.15, 0.2) is 0 Å². The van der Waals surface area contributed by atoms with Crippen molar-refractivity contribution in [1.29, 1.82) is 0 Å². The van der Waals surface area contributed by atoms with Gasteiger partial charge < -0.3 is 35.1 Å². The quantitative estimate of drug-likeness (QED) is 0.260. The zero-order chi connectivity index (χ0) is 28.3. The molecule has 1 saturated heterocycles. The number of nitrogens with one attached hydrogen (secondary N) is 2. The summed E-state index contributed by atoms with van der Waals surface area (Å²) in [7, 11) is 2.83. The minimum atomic E-state index is -1.26. The lowest BCUT2D eigenvalue weighted by Crippen LogP contribution is -2.45. The molecule has 1 aliphatic heterocycles. The highest BCUT2D eigenvalue weighted by Gasteiger charge is 2.30. The zero-order valence-corrected chi connectivity index (χ0v) is 22.6. The smallest absolute Gasteiger partial charge is 0.260 e. The average Bonchev–Trinajstić information content (AvgIpc) is 3.36. The van der Waals surface area contributed by atoms with Crippen molar-refractivity contribution >= 4 is 46.1 Å². The molecule has 0 saturated carbocycles. The number of aromatic nitrogens is 3. The van der Waals surface area contributed by atoms with E-state index in [-0.39, 0.29) is 82.0 Å². The van der Waals surface area contributed by atoms with Crippen LogP contribution >= 0.6 is 23.2 Å². The summed E-state index contributed by atoms with van der Waals surface area (Å²) >= 11 is 13.1. The molecule has 3 aromatic rings. The molecule has 1 aromatic carbocycles. The van der Waals surface area contributed by atoms with Crippen LogP contribution in [0.5, 0.6) is 11.5 Å². The molecule has 0 spiro atoms. The van der Waals surface area contributed by atoms with Crippen LogP contribution in [0.25, 0.3) is 22.2 Å². The fourth-order valence-electron chi connectivity index (χ4n) is 4.21. The average molecular weight is 580 g/mol. The molecule has 12 nitrogen and oxygen atoms in total. The molecule has 0 radical (unpaired) electrons. The van der Waals surface area contributed by atoms with Gasteiger partial charge in [0.05, 0.1) is 74.4 Å². The molecule has 1 amide bonds. The molecule has 3 heterocycles. The second-order valence-corrected chi connectivity index (χ2v) is 9.43. The van der Waals surface area contributed by atoms with Crippen LogP contribution in [0.4, 0.5) is 5.95 Å². The number of carbonyl (C=O) groups excluding carboxylic acids is 1. The van der Waals surface area contributed by atoms with Crippen LogP contribution in [-0.4, -0.2) is 82.9 Å². The maximum absolute atomic E-state index is 13.8. The first kappa shape index (κ1) is 28.6. The number of pyridine rings is 1. The number of nitrogens with zero attached hydrogens (tertiary/aromatic N) is 3. The predicted octanol–water partition coefficient (Wildman–Crippen LogP) is 1.62. The molecule has 2 aromatic heterocycles. The number of anilines is 1. The number of fused-ring (bicyclic) bond motifs is 1. The summed E-state index contributed by atoms with van der Waals surface area (Å²) in [4.78, 5) is 34.5. The second kappa shape index (κ2) is 12.2. The first-order chi connectivity index (χ1) is 18.7. The van der Waals surface area contributed by atoms with E-state index in [2.05, 4.69) is 27.2 Å². The minimum absolute atomic E-state index is 0.0838. The van der Waals surface area contributed by atoms with Gasteiger partial charge >= 0.3 is 0 Å². The predicted molar refractivity (Wildman–Crippen MR) is 146 cm³/mol. The molecule has 39 heavy (non-hydrogen) atoms. The van der Waals surface area contributed by atoms with Crippen molar-refractivity contribution in [1.82, 2.24) is 19.9 Å². The van der Waals surface area contributed by atoms with Crippen molar-refractivity contribution in [2.45, 2.75) is 24.7 Å². The van der Waals surface area contributed by atoms with Gasteiger partial charge in [0.1, 0.15) is 17.1 Å². The largest absolute Gasteiger partial charge is 0.495 e. The van der Waals surface area contributed by atoms with Crippen molar-refractivity contribution in [3.8, 4) is 22.6 Å². The van der Waals surface area contributed by atoms with E-state index in [1.165, 1.54) is 43.2 Å². The number of rotatable bonds is 10. The molecule has 0 bridgehead atoms. The van der Waals surface area contributed by atoms with E-state index in [0.29, 0.717) is 5.39 Å². The Labute approximate surface area is 233 Å². The van der Waals surface area contributed by atoms with Gasteiger partial charge in [-0.1, -0.05) is 29.8 Å². The number of carbonyl (C=O) groups is 1. The third kappa shape index (κ3) is 5.80. The number of hydrogen-bond acceptors (Lipinski definition) is 10. The van der Waals surface area contributed by atoms with Gasteiger partial charge in [0.25, 0.3) is 5.56 Å². The van der Waals surface area contributed by atoms with Gasteiger partial charge in [0, 0.05) is 23.2 Å². The minimum Gasteiger partial charge on any atom is -0.495 e. The van der Waals surface area contributed by atoms with Crippen molar-refractivity contribution in [2.24, 2.45) is 0 Å². The Hall–Kier alpha value is -3.42. The third-order valence-electron chi connectivity index (χ3n) is 6.18. The molecular formula is C25H27Cl2N5O7. The summed E-state index contributed by atoms with van der Waals surface area (Å²) in [6.07, 6.45) is 1.39. The summed E-state index contributed by atoms with van der Waals surface area (Å²) in [6.45, 7) is 3.15. The molecule has 14 heteroatoms. The maximum Gasteiger partial charge on any atom is 0.260 e. The Morgan fingerprint density at radius 2 is 1.92 bits per heavy atom. The molecule has 208 valence electrons. The summed E-state index contributed by atoms with van der Waals surface area (Å²) < 4.78 is 17.4. The molecule has 1 fully saturated rings. The van der Waals surface area contributed by atoms with Crippen LogP contribution in [0.3, 0.4) is 0 Å². The van der Waals surface area contributed by atoms with Gasteiger partial charge in [-0.15, -0.1) is 0 Å². The zero-order valence-electron chi connectivity index (χ0n) is 21.1. The molecule has 4 rings (SSSR count). The van der Waals surface area contributed by atoms with Crippen LogP contribution in [0, 0.1) is 0 Å². The van der Waals surface area contributed by atoms with Gasteiger partial charge in [-0.05, 0) is 12.1 Å². The summed E-state index contributed by atoms with van der Waals surface area (Å²) in [6, 6.07) is 2.32. The van der Waals surface area contributed by atoms with Crippen LogP contribution < -0.4 is 25.7 Å². The molecule has 1 unspecified atom stereocenters. The molecule has 4 N–H and O–H groups in total. The highest BCUT2D eigenvalue weighted by Crippen LogP contribution is 2.45. The topological polar surface area (TPSA) is 157 Å². The highest BCUT2D eigenvalue weighted by atomic mass is 35.5. The van der Waals surface area contributed by atoms with Crippen molar-refractivity contribution in [3.63, 3.8) is 0 Å². The van der Waals surface area contributed by atoms with E-state index in [0.717, 1.165) is 0 Å². The SMILES string of the molecule is C=CC(=O)N[C@H]1COC[C@H]1Nc1ncc2cc(-c3c(Cl)c(OC)cc(OC)c3Cl)c(=O)n(CC(O)CO)c2n1. The number of ether oxygens (including phenoxy) is 3. The molecule has 1 aliphatic rings. The van der Waals surface area contributed by atoms with Crippen LogP contribution in [0.15, 0.2) is 35.8 Å². The molecule has 0 aliphatic carbocycles. The summed E-state index contributed by atoms with van der Waals surface area (Å²) in [5.74, 6) is 0.293. The lowest BCUT2D eigenvalue weighted by Gasteiger charge is -2.21. The summed E-state index contributed by atoms with van der Waals surface area (Å²) in [5, 5.41) is 26.2. The lowest BCUT2D eigenvalue weighted by molar-refractivity contribution is -0.117. The van der Waals surface area contributed by atoms with E-state index < -0.39 is 18.3 Å². The van der Waals surface area contributed by atoms with Crippen LogP contribution in [0.2, 0.25) is 10.0 Å². The number of aliphatic hydroxyl groups excluding tert-OH is 2. The van der Waals surface area contributed by atoms with Gasteiger partial charge in [-0.25, -0.2) is 4.98 Å². The Bertz CT molecular complexity index is 1440. The van der Waals surface area contributed by atoms with E-state index >= 15 is 0 Å². The first-order valence-electron chi connectivity index (χ1n) is 11.8.